The van der Waals surface area contributed by atoms with Gasteiger partial charge in [0.05, 0.1) is 25.2 Å². The summed E-state index contributed by atoms with van der Waals surface area (Å²) in [5.74, 6) is 0.575. The fourth-order valence-corrected chi connectivity index (χ4v) is 5.34. The van der Waals surface area contributed by atoms with Gasteiger partial charge in [0.15, 0.2) is 5.82 Å². The molecule has 4 aromatic rings. The number of fused-ring (bicyclic) bond motifs is 1. The van der Waals surface area contributed by atoms with E-state index in [1.807, 2.05) is 0 Å². The zero-order chi connectivity index (χ0) is 24.3. The molecule has 1 fully saturated rings. The van der Waals surface area contributed by atoms with Crippen LogP contribution < -0.4 is 13.8 Å². The number of hydrogen-bond donors (Lipinski definition) is 0. The van der Waals surface area contributed by atoms with E-state index < -0.39 is 10.0 Å². The lowest BCUT2D eigenvalue weighted by molar-refractivity contribution is 0.0235. The van der Waals surface area contributed by atoms with Crippen LogP contribution in [-0.2, 0) is 14.8 Å². The summed E-state index contributed by atoms with van der Waals surface area (Å²) < 4.78 is 45.9. The van der Waals surface area contributed by atoms with E-state index in [2.05, 4.69) is 19.9 Å². The fourth-order valence-electron chi connectivity index (χ4n) is 3.86. The Morgan fingerprint density at radius 2 is 1.83 bits per heavy atom. The normalized spacial score (nSPS) is 14.5. The summed E-state index contributed by atoms with van der Waals surface area (Å²) in [5, 5.41) is 1.57. The first-order valence-electron chi connectivity index (χ1n) is 11.0. The Morgan fingerprint density at radius 3 is 2.60 bits per heavy atom. The van der Waals surface area contributed by atoms with Crippen LogP contribution in [0.4, 0.5) is 11.5 Å². The first-order chi connectivity index (χ1) is 17.1. The molecule has 0 bridgehead atoms. The Kier molecular flexibility index (Phi) is 6.43. The van der Waals surface area contributed by atoms with Crippen LogP contribution in [0.3, 0.4) is 0 Å². The van der Waals surface area contributed by atoms with Crippen molar-refractivity contribution in [3.05, 3.63) is 67.4 Å². The highest BCUT2D eigenvalue weighted by molar-refractivity contribution is 7.93. The van der Waals surface area contributed by atoms with E-state index in [0.717, 1.165) is 27.9 Å². The molecule has 0 amide bonds. The van der Waals surface area contributed by atoms with Crippen LogP contribution in [0.15, 0.2) is 72.3 Å². The minimum absolute atomic E-state index is 0.0272. The van der Waals surface area contributed by atoms with E-state index in [1.54, 1.807) is 42.7 Å². The van der Waals surface area contributed by atoms with Gasteiger partial charge < -0.3 is 14.2 Å². The molecule has 3 aromatic heterocycles. The number of ether oxygens (including phenoxy) is 3. The second kappa shape index (κ2) is 9.80. The Morgan fingerprint density at radius 1 is 1.00 bits per heavy atom. The number of benzene rings is 1. The maximum Gasteiger partial charge on any atom is 0.270 e. The smallest absolute Gasteiger partial charge is 0.270 e. The van der Waals surface area contributed by atoms with Gasteiger partial charge in [-0.05, 0) is 29.7 Å². The van der Waals surface area contributed by atoms with Crippen LogP contribution in [0.5, 0.6) is 11.8 Å². The van der Waals surface area contributed by atoms with Crippen LogP contribution >= 0.6 is 0 Å². The van der Waals surface area contributed by atoms with Gasteiger partial charge in [0.2, 0.25) is 11.8 Å². The van der Waals surface area contributed by atoms with Crippen molar-refractivity contribution in [2.45, 2.75) is 23.8 Å². The van der Waals surface area contributed by atoms with Crippen molar-refractivity contribution in [1.82, 2.24) is 19.9 Å². The van der Waals surface area contributed by atoms with Gasteiger partial charge in [0.25, 0.3) is 10.0 Å². The van der Waals surface area contributed by atoms with Crippen molar-refractivity contribution in [1.29, 1.82) is 0 Å². The molecule has 180 valence electrons. The predicted octanol–water partition coefficient (Wildman–Crippen LogP) is 3.51. The largest absolute Gasteiger partial charge is 0.479 e. The van der Waals surface area contributed by atoms with Crippen molar-refractivity contribution in [3.8, 4) is 11.8 Å². The van der Waals surface area contributed by atoms with Gasteiger partial charge in [-0.25, -0.2) is 22.7 Å². The maximum absolute atomic E-state index is 14.0. The molecule has 0 aliphatic carbocycles. The van der Waals surface area contributed by atoms with Crippen LogP contribution in [0.1, 0.15) is 12.8 Å². The van der Waals surface area contributed by atoms with Crippen LogP contribution in [-0.4, -0.2) is 54.8 Å². The van der Waals surface area contributed by atoms with E-state index >= 15 is 0 Å². The first kappa shape index (κ1) is 22.9. The highest BCUT2D eigenvalue weighted by Crippen LogP contribution is 2.38. The molecule has 35 heavy (non-hydrogen) atoms. The van der Waals surface area contributed by atoms with Crippen molar-refractivity contribution >= 4 is 32.3 Å². The molecule has 0 atom stereocenters. The number of sulfonamides is 1. The van der Waals surface area contributed by atoms with Gasteiger partial charge >= 0.3 is 0 Å². The zero-order valence-corrected chi connectivity index (χ0v) is 19.8. The third-order valence-electron chi connectivity index (χ3n) is 5.61. The molecular weight excluding hydrogens is 470 g/mol. The predicted molar refractivity (Wildman–Crippen MR) is 128 cm³/mol. The molecule has 0 radical (unpaired) electrons. The molecule has 4 heterocycles. The summed E-state index contributed by atoms with van der Waals surface area (Å²) in [4.78, 5) is 16.7. The van der Waals surface area contributed by atoms with Crippen molar-refractivity contribution in [3.63, 3.8) is 0 Å². The fraction of sp³-hybridized carbons (Fsp3) is 0.250. The number of hydrogen-bond acceptors (Lipinski definition) is 9. The Hall–Kier alpha value is -3.83. The standard InChI is InChI=1S/C24H23N5O5S/c1-32-24-21(4-5-23(28-24)34-19-8-12-33-13-9-19)29(22-7-11-26-16-27-22)35(30,31)20-3-2-18-15-25-10-6-17(18)14-20/h2-7,10-11,14-16,19H,8-9,12-13H2,1H3. The molecule has 10 nitrogen and oxygen atoms in total. The SMILES string of the molecule is COc1nc(OC2CCOCC2)ccc1N(c1ccncn1)S(=O)(=O)c1ccc2cnccc2c1. The van der Waals surface area contributed by atoms with E-state index in [4.69, 9.17) is 14.2 Å². The van der Waals surface area contributed by atoms with Crippen molar-refractivity contribution in [2.75, 3.05) is 24.6 Å². The molecule has 1 aliphatic rings. The second-order valence-electron chi connectivity index (χ2n) is 7.83. The quantitative estimate of drug-likeness (QED) is 0.381. The Bertz CT molecular complexity index is 1430. The average molecular weight is 494 g/mol. The first-order valence-corrected chi connectivity index (χ1v) is 12.4. The third-order valence-corrected chi connectivity index (χ3v) is 7.32. The molecule has 11 heteroatoms. The number of rotatable bonds is 7. The Balaban J connectivity index is 1.59. The molecular formula is C24H23N5O5S. The average Bonchev–Trinajstić information content (AvgIpc) is 2.90. The summed E-state index contributed by atoms with van der Waals surface area (Å²) >= 11 is 0. The molecule has 0 saturated carbocycles. The van der Waals surface area contributed by atoms with Gasteiger partial charge in [0, 0.05) is 49.0 Å². The highest BCUT2D eigenvalue weighted by atomic mass is 32.2. The van der Waals surface area contributed by atoms with E-state index in [9.17, 15) is 8.42 Å². The zero-order valence-electron chi connectivity index (χ0n) is 18.9. The van der Waals surface area contributed by atoms with Gasteiger partial charge in [-0.15, -0.1) is 0 Å². The van der Waals surface area contributed by atoms with Gasteiger partial charge in [-0.2, -0.15) is 4.98 Å². The molecule has 0 spiro atoms. The van der Waals surface area contributed by atoms with Crippen molar-refractivity contribution < 1.29 is 22.6 Å². The number of aromatic nitrogens is 4. The van der Waals surface area contributed by atoms with Crippen LogP contribution in [0, 0.1) is 0 Å². The van der Waals surface area contributed by atoms with Crippen LogP contribution in [0.25, 0.3) is 10.8 Å². The summed E-state index contributed by atoms with van der Waals surface area (Å²) in [7, 11) is -2.70. The number of nitrogens with zero attached hydrogens (tertiary/aromatic N) is 5. The number of pyridine rings is 2. The molecule has 5 rings (SSSR count). The maximum atomic E-state index is 14.0. The van der Waals surface area contributed by atoms with E-state index in [0.29, 0.717) is 19.1 Å². The lowest BCUT2D eigenvalue weighted by Gasteiger charge is -2.26. The minimum atomic E-state index is -4.13. The van der Waals surface area contributed by atoms with Crippen LogP contribution in [0.2, 0.25) is 0 Å². The summed E-state index contributed by atoms with van der Waals surface area (Å²) in [6.07, 6.45) is 7.53. The summed E-state index contributed by atoms with van der Waals surface area (Å²) in [6, 6.07) is 11.4. The third kappa shape index (κ3) is 4.73. The topological polar surface area (TPSA) is 117 Å². The van der Waals surface area contributed by atoms with Gasteiger partial charge in [0.1, 0.15) is 18.1 Å². The summed E-state index contributed by atoms with van der Waals surface area (Å²) in [5.41, 5.74) is 0.195. The molecule has 1 aromatic carbocycles. The lowest BCUT2D eigenvalue weighted by Crippen LogP contribution is -2.28. The van der Waals surface area contributed by atoms with E-state index in [1.165, 1.54) is 31.8 Å². The monoisotopic (exact) mass is 493 g/mol. The molecule has 0 unspecified atom stereocenters. The molecule has 1 aliphatic heterocycles. The lowest BCUT2D eigenvalue weighted by atomic mass is 10.1. The molecule has 1 saturated heterocycles. The Labute approximate surface area is 202 Å². The number of methoxy groups -OCH3 is 1. The highest BCUT2D eigenvalue weighted by Gasteiger charge is 2.31. The second-order valence-corrected chi connectivity index (χ2v) is 9.62. The summed E-state index contributed by atoms with van der Waals surface area (Å²) in [6.45, 7) is 1.25. The van der Waals surface area contributed by atoms with Gasteiger partial charge in [-0.1, -0.05) is 6.07 Å². The molecule has 0 N–H and O–H groups in total. The van der Waals surface area contributed by atoms with Gasteiger partial charge in [-0.3, -0.25) is 4.98 Å². The number of anilines is 2. The van der Waals surface area contributed by atoms with Crippen molar-refractivity contribution in [2.24, 2.45) is 0 Å². The van der Waals surface area contributed by atoms with E-state index in [-0.39, 0.29) is 28.4 Å². The minimum Gasteiger partial charge on any atom is -0.479 e.